The topological polar surface area (TPSA) is 72.0 Å². The van der Waals surface area contributed by atoms with Gasteiger partial charge in [0.1, 0.15) is 0 Å². The van der Waals surface area contributed by atoms with Crippen molar-refractivity contribution in [3.63, 3.8) is 0 Å². The van der Waals surface area contributed by atoms with Crippen molar-refractivity contribution in [2.45, 2.75) is 19.0 Å². The van der Waals surface area contributed by atoms with Crippen LogP contribution in [0.1, 0.15) is 23.0 Å². The van der Waals surface area contributed by atoms with Crippen molar-refractivity contribution in [3.8, 4) is 0 Å². The van der Waals surface area contributed by atoms with E-state index in [1.165, 1.54) is 18.7 Å². The van der Waals surface area contributed by atoms with Gasteiger partial charge in [0.25, 0.3) is 0 Å². The largest absolute Gasteiger partial charge is 0.325 e. The molecule has 0 aliphatic rings. The summed E-state index contributed by atoms with van der Waals surface area (Å²) in [4.78, 5) is 32.5. The molecule has 0 saturated carbocycles. The Morgan fingerprint density at radius 1 is 1.08 bits per heavy atom. The Morgan fingerprint density at radius 2 is 1.88 bits per heavy atom. The van der Waals surface area contributed by atoms with Gasteiger partial charge >= 0.3 is 0 Å². The quantitative estimate of drug-likeness (QED) is 0.429. The maximum Gasteiger partial charge on any atom is 0.234 e. The minimum atomic E-state index is -0.167. The van der Waals surface area contributed by atoms with Crippen molar-refractivity contribution >= 4 is 40.0 Å². The zero-order valence-electron chi connectivity index (χ0n) is 13.9. The van der Waals surface area contributed by atoms with Gasteiger partial charge in [0.05, 0.1) is 11.3 Å². The molecule has 2 aromatic carbocycles. The van der Waals surface area contributed by atoms with Crippen LogP contribution in [-0.4, -0.2) is 27.4 Å². The number of amides is 1. The molecule has 0 atom stereocenters. The number of fused-ring (bicyclic) bond motifs is 1. The number of anilines is 1. The average Bonchev–Trinajstić information content (AvgIpc) is 2.60. The number of Topliss-reactive ketones (excluding diaryl/α,β-unsaturated/α-hetero) is 1. The Hall–Kier alpha value is -2.73. The van der Waals surface area contributed by atoms with Crippen LogP contribution in [0.2, 0.25) is 0 Å². The Kier molecular flexibility index (Phi) is 5.09. The highest BCUT2D eigenvalue weighted by atomic mass is 32.2. The van der Waals surface area contributed by atoms with E-state index in [4.69, 9.17) is 0 Å². The van der Waals surface area contributed by atoms with Gasteiger partial charge in [0, 0.05) is 22.3 Å². The maximum atomic E-state index is 12.1. The lowest BCUT2D eigenvalue weighted by atomic mass is 10.1. The summed E-state index contributed by atoms with van der Waals surface area (Å²) < 4.78 is 0. The van der Waals surface area contributed by atoms with E-state index >= 15 is 0 Å². The standard InChI is InChI=1S/C19H17N3O2S/c1-12-16-8-3-4-9-17(16)22-19(20-12)25-11-18(24)21-15-7-5-6-14(10-15)13(2)23/h3-10H,11H2,1-2H3,(H,21,24). The average molecular weight is 351 g/mol. The Balaban J connectivity index is 1.66. The summed E-state index contributed by atoms with van der Waals surface area (Å²) >= 11 is 1.29. The molecule has 0 bridgehead atoms. The van der Waals surface area contributed by atoms with Crippen molar-refractivity contribution in [1.29, 1.82) is 0 Å². The molecule has 0 saturated heterocycles. The van der Waals surface area contributed by atoms with Crippen LogP contribution in [0.4, 0.5) is 5.69 Å². The minimum absolute atomic E-state index is 0.0366. The monoisotopic (exact) mass is 351 g/mol. The molecule has 0 radical (unpaired) electrons. The third-order valence-electron chi connectivity index (χ3n) is 3.66. The third-order valence-corrected chi connectivity index (χ3v) is 4.51. The normalized spacial score (nSPS) is 10.6. The van der Waals surface area contributed by atoms with Crippen molar-refractivity contribution in [1.82, 2.24) is 9.97 Å². The number of hydrogen-bond donors (Lipinski definition) is 1. The Labute approximate surface area is 149 Å². The number of aryl methyl sites for hydroxylation is 1. The van der Waals surface area contributed by atoms with E-state index in [-0.39, 0.29) is 17.4 Å². The van der Waals surface area contributed by atoms with Crippen LogP contribution in [0.3, 0.4) is 0 Å². The smallest absolute Gasteiger partial charge is 0.234 e. The van der Waals surface area contributed by atoms with E-state index in [1.807, 2.05) is 31.2 Å². The SMILES string of the molecule is CC(=O)c1cccc(NC(=O)CSc2nc(C)c3ccccc3n2)c1. The molecule has 0 unspecified atom stereocenters. The number of aromatic nitrogens is 2. The summed E-state index contributed by atoms with van der Waals surface area (Å²) in [6, 6.07) is 14.7. The van der Waals surface area contributed by atoms with Gasteiger partial charge in [-0.1, -0.05) is 42.1 Å². The van der Waals surface area contributed by atoms with Crippen LogP contribution >= 0.6 is 11.8 Å². The number of thioether (sulfide) groups is 1. The van der Waals surface area contributed by atoms with Crippen LogP contribution in [-0.2, 0) is 4.79 Å². The van der Waals surface area contributed by atoms with E-state index < -0.39 is 0 Å². The summed E-state index contributed by atoms with van der Waals surface area (Å²) in [5.74, 6) is -0.00662. The van der Waals surface area contributed by atoms with Crippen molar-refractivity contribution in [3.05, 3.63) is 59.8 Å². The first-order valence-electron chi connectivity index (χ1n) is 7.80. The first-order valence-corrected chi connectivity index (χ1v) is 8.78. The summed E-state index contributed by atoms with van der Waals surface area (Å²) in [7, 11) is 0. The van der Waals surface area contributed by atoms with E-state index in [2.05, 4.69) is 15.3 Å². The van der Waals surface area contributed by atoms with Gasteiger partial charge in [-0.05, 0) is 32.0 Å². The fourth-order valence-corrected chi connectivity index (χ4v) is 3.11. The molecule has 0 spiro atoms. The summed E-state index contributed by atoms with van der Waals surface area (Å²) in [5, 5.41) is 4.38. The lowest BCUT2D eigenvalue weighted by Crippen LogP contribution is -2.14. The molecule has 3 rings (SSSR count). The zero-order valence-corrected chi connectivity index (χ0v) is 14.8. The first-order chi connectivity index (χ1) is 12.0. The van der Waals surface area contributed by atoms with Gasteiger partial charge in [0.15, 0.2) is 10.9 Å². The van der Waals surface area contributed by atoms with Gasteiger partial charge in [-0.15, -0.1) is 0 Å². The number of carbonyl (C=O) groups excluding carboxylic acids is 2. The number of hydrogen-bond acceptors (Lipinski definition) is 5. The number of nitrogens with one attached hydrogen (secondary N) is 1. The molecule has 126 valence electrons. The lowest BCUT2D eigenvalue weighted by molar-refractivity contribution is -0.113. The van der Waals surface area contributed by atoms with Crippen molar-refractivity contribution < 1.29 is 9.59 Å². The van der Waals surface area contributed by atoms with Crippen molar-refractivity contribution in [2.75, 3.05) is 11.1 Å². The Morgan fingerprint density at radius 3 is 2.68 bits per heavy atom. The lowest BCUT2D eigenvalue weighted by Gasteiger charge is -2.07. The predicted octanol–water partition coefficient (Wildman–Crippen LogP) is 3.87. The van der Waals surface area contributed by atoms with E-state index in [1.54, 1.807) is 24.3 Å². The van der Waals surface area contributed by atoms with Gasteiger partial charge < -0.3 is 5.32 Å². The highest BCUT2D eigenvalue weighted by Crippen LogP contribution is 2.20. The molecule has 1 aromatic heterocycles. The van der Waals surface area contributed by atoms with Crippen LogP contribution < -0.4 is 5.32 Å². The predicted molar refractivity (Wildman–Crippen MR) is 100 cm³/mol. The molecule has 0 fully saturated rings. The fraction of sp³-hybridized carbons (Fsp3) is 0.158. The van der Waals surface area contributed by atoms with Gasteiger partial charge in [-0.3, -0.25) is 9.59 Å². The minimum Gasteiger partial charge on any atom is -0.325 e. The molecule has 3 aromatic rings. The molecular formula is C19H17N3O2S. The molecule has 1 amide bonds. The van der Waals surface area contributed by atoms with Gasteiger partial charge in [-0.25, -0.2) is 9.97 Å². The van der Waals surface area contributed by atoms with Crippen LogP contribution in [0.15, 0.2) is 53.7 Å². The molecule has 1 heterocycles. The second kappa shape index (κ2) is 7.44. The highest BCUT2D eigenvalue weighted by Gasteiger charge is 2.09. The zero-order chi connectivity index (χ0) is 17.8. The number of carbonyl (C=O) groups is 2. The molecule has 0 aliphatic carbocycles. The molecule has 25 heavy (non-hydrogen) atoms. The second-order valence-corrected chi connectivity index (χ2v) is 6.53. The van der Waals surface area contributed by atoms with Gasteiger partial charge in [-0.2, -0.15) is 0 Å². The molecule has 5 nitrogen and oxygen atoms in total. The fourth-order valence-electron chi connectivity index (χ4n) is 2.42. The van der Waals surface area contributed by atoms with E-state index in [0.717, 1.165) is 16.6 Å². The summed E-state index contributed by atoms with van der Waals surface area (Å²) in [5.41, 5.74) is 2.93. The maximum absolute atomic E-state index is 12.1. The van der Waals surface area contributed by atoms with Crippen LogP contribution in [0.25, 0.3) is 10.9 Å². The molecular weight excluding hydrogens is 334 g/mol. The highest BCUT2D eigenvalue weighted by molar-refractivity contribution is 7.99. The number of benzene rings is 2. The molecule has 6 heteroatoms. The number of ketones is 1. The second-order valence-electron chi connectivity index (χ2n) is 5.58. The van der Waals surface area contributed by atoms with Gasteiger partial charge in [0.2, 0.25) is 5.91 Å². The summed E-state index contributed by atoms with van der Waals surface area (Å²) in [6.45, 7) is 3.43. The summed E-state index contributed by atoms with van der Waals surface area (Å²) in [6.07, 6.45) is 0. The van der Waals surface area contributed by atoms with E-state index in [0.29, 0.717) is 16.4 Å². The number of para-hydroxylation sites is 1. The number of nitrogens with zero attached hydrogens (tertiary/aromatic N) is 2. The first kappa shape index (κ1) is 17.1. The molecule has 1 N–H and O–H groups in total. The van der Waals surface area contributed by atoms with Crippen LogP contribution in [0, 0.1) is 6.92 Å². The van der Waals surface area contributed by atoms with Crippen LogP contribution in [0.5, 0.6) is 0 Å². The van der Waals surface area contributed by atoms with Crippen molar-refractivity contribution in [2.24, 2.45) is 0 Å². The number of rotatable bonds is 5. The molecule has 0 aliphatic heterocycles. The third kappa shape index (κ3) is 4.22. The Bertz CT molecular complexity index is 956. The van der Waals surface area contributed by atoms with E-state index in [9.17, 15) is 9.59 Å².